The number of aliphatic hydroxyl groups excluding tert-OH is 1. The van der Waals surface area contributed by atoms with Crippen LogP contribution in [0, 0.1) is 11.7 Å². The predicted octanol–water partition coefficient (Wildman–Crippen LogP) is 3.38. The SMILES string of the molecule is CNC(=O)C1CCN(c2cc3c(cc2F)N(c2cc(N4CCOCC4)cc4c2C=C(C)C(O)N4C)CCN3C)CC1. The maximum absolute atomic E-state index is 15.9. The molecule has 10 heteroatoms. The molecular weight excluding hydrogens is 523 g/mol. The lowest BCUT2D eigenvalue weighted by molar-refractivity contribution is -0.125. The van der Waals surface area contributed by atoms with Gasteiger partial charge in [-0.3, -0.25) is 4.79 Å². The Hall–Kier alpha value is -3.50. The van der Waals surface area contributed by atoms with Gasteiger partial charge in [-0.2, -0.15) is 0 Å². The van der Waals surface area contributed by atoms with Gasteiger partial charge in [-0.05, 0) is 49.6 Å². The molecule has 4 aliphatic rings. The number of amides is 1. The number of rotatable bonds is 4. The number of likely N-dealkylation sites (N-methyl/N-ethyl adjacent to an activating group) is 2. The Morgan fingerprint density at radius 1 is 0.902 bits per heavy atom. The molecule has 0 spiro atoms. The van der Waals surface area contributed by atoms with Gasteiger partial charge in [0.25, 0.3) is 0 Å². The molecule has 1 unspecified atom stereocenters. The first-order valence-corrected chi connectivity index (χ1v) is 14.7. The van der Waals surface area contributed by atoms with E-state index in [2.05, 4.69) is 50.2 Å². The Bertz CT molecular complexity index is 1350. The van der Waals surface area contributed by atoms with Gasteiger partial charge in [0.05, 0.1) is 41.7 Å². The van der Waals surface area contributed by atoms with Gasteiger partial charge < -0.3 is 39.7 Å². The van der Waals surface area contributed by atoms with Gasteiger partial charge in [0.2, 0.25) is 5.91 Å². The Morgan fingerprint density at radius 2 is 1.61 bits per heavy atom. The lowest BCUT2D eigenvalue weighted by Crippen LogP contribution is -2.41. The molecule has 0 aliphatic carbocycles. The second kappa shape index (κ2) is 11.1. The van der Waals surface area contributed by atoms with Gasteiger partial charge in [-0.25, -0.2) is 4.39 Å². The number of piperidine rings is 1. The molecule has 0 saturated carbocycles. The van der Waals surface area contributed by atoms with Crippen LogP contribution in [0.2, 0.25) is 0 Å². The highest BCUT2D eigenvalue weighted by Crippen LogP contribution is 2.47. The summed E-state index contributed by atoms with van der Waals surface area (Å²) in [5, 5.41) is 13.6. The molecule has 220 valence electrons. The molecule has 1 atom stereocenters. The lowest BCUT2D eigenvalue weighted by Gasteiger charge is -2.42. The van der Waals surface area contributed by atoms with Gasteiger partial charge in [-0.15, -0.1) is 0 Å². The number of fused-ring (bicyclic) bond motifs is 2. The highest BCUT2D eigenvalue weighted by molar-refractivity contribution is 5.92. The fourth-order valence-electron chi connectivity index (χ4n) is 6.65. The Kier molecular flexibility index (Phi) is 7.46. The highest BCUT2D eigenvalue weighted by atomic mass is 19.1. The largest absolute Gasteiger partial charge is 0.378 e. The Morgan fingerprint density at radius 3 is 2.32 bits per heavy atom. The first-order chi connectivity index (χ1) is 19.8. The van der Waals surface area contributed by atoms with Crippen LogP contribution in [0.5, 0.6) is 0 Å². The standard InChI is InChI=1S/C31H41FN6O3/c1-20-15-23-25(35(4)31(20)40)16-22(36-11-13-41-14-12-36)17-26(23)38-10-9-34(3)28-19-27(24(32)18-29(28)38)37-7-5-21(6-8-37)30(39)33-2/h15-19,21,31,40H,5-14H2,1-4H3,(H,33,39). The Balaban J connectivity index is 1.40. The van der Waals surface area contributed by atoms with Crippen LogP contribution in [-0.4, -0.2) is 90.9 Å². The molecule has 0 radical (unpaired) electrons. The quantitative estimate of drug-likeness (QED) is 0.586. The van der Waals surface area contributed by atoms with Crippen molar-refractivity contribution in [1.29, 1.82) is 0 Å². The van der Waals surface area contributed by atoms with Crippen LogP contribution in [0.25, 0.3) is 6.08 Å². The molecule has 2 fully saturated rings. The van der Waals surface area contributed by atoms with Crippen molar-refractivity contribution in [2.45, 2.75) is 26.0 Å². The van der Waals surface area contributed by atoms with Crippen molar-refractivity contribution in [3.8, 4) is 0 Å². The zero-order valence-corrected chi connectivity index (χ0v) is 24.5. The van der Waals surface area contributed by atoms with E-state index in [1.807, 2.05) is 24.9 Å². The molecule has 0 aromatic heterocycles. The van der Waals surface area contributed by atoms with Crippen molar-refractivity contribution < 1.29 is 19.0 Å². The molecule has 9 nitrogen and oxygen atoms in total. The van der Waals surface area contributed by atoms with Crippen molar-refractivity contribution in [2.24, 2.45) is 5.92 Å². The second-order valence-electron chi connectivity index (χ2n) is 11.6. The number of nitrogens with zero attached hydrogens (tertiary/aromatic N) is 5. The van der Waals surface area contributed by atoms with Gasteiger partial charge in [-0.1, -0.05) is 0 Å². The molecule has 1 amide bonds. The number of anilines is 6. The van der Waals surface area contributed by atoms with E-state index in [9.17, 15) is 9.90 Å². The van der Waals surface area contributed by atoms with E-state index in [-0.39, 0.29) is 17.6 Å². The minimum absolute atomic E-state index is 0.0202. The minimum Gasteiger partial charge on any atom is -0.378 e. The smallest absolute Gasteiger partial charge is 0.222 e. The van der Waals surface area contributed by atoms with Crippen LogP contribution in [0.15, 0.2) is 29.8 Å². The van der Waals surface area contributed by atoms with Crippen molar-refractivity contribution in [2.75, 3.05) is 98.1 Å². The van der Waals surface area contributed by atoms with Gasteiger partial charge in [0, 0.05) is 83.6 Å². The average molecular weight is 565 g/mol. The van der Waals surface area contributed by atoms with E-state index >= 15 is 4.39 Å². The first kappa shape index (κ1) is 27.7. The summed E-state index contributed by atoms with van der Waals surface area (Å²) in [6.07, 6.45) is 2.80. The monoisotopic (exact) mass is 564 g/mol. The van der Waals surface area contributed by atoms with E-state index < -0.39 is 6.23 Å². The van der Waals surface area contributed by atoms with Crippen molar-refractivity contribution in [3.63, 3.8) is 0 Å². The molecular formula is C31H41FN6O3. The average Bonchev–Trinajstić information content (AvgIpc) is 3.00. The van der Waals surface area contributed by atoms with E-state index in [4.69, 9.17) is 4.74 Å². The number of halogens is 1. The van der Waals surface area contributed by atoms with Gasteiger partial charge in [0.1, 0.15) is 12.0 Å². The second-order valence-corrected chi connectivity index (χ2v) is 11.6. The summed E-state index contributed by atoms with van der Waals surface area (Å²) in [6, 6.07) is 8.02. The normalized spacial score (nSPS) is 21.5. The van der Waals surface area contributed by atoms with Crippen LogP contribution >= 0.6 is 0 Å². The molecule has 2 saturated heterocycles. The summed E-state index contributed by atoms with van der Waals surface area (Å²) < 4.78 is 21.5. The number of hydrogen-bond donors (Lipinski definition) is 2. The summed E-state index contributed by atoms with van der Waals surface area (Å²) in [7, 11) is 5.65. The van der Waals surface area contributed by atoms with E-state index in [1.54, 1.807) is 13.1 Å². The molecule has 2 aromatic rings. The molecule has 4 aliphatic heterocycles. The van der Waals surface area contributed by atoms with Crippen molar-refractivity contribution >= 4 is 46.1 Å². The van der Waals surface area contributed by atoms with Gasteiger partial charge in [0.15, 0.2) is 0 Å². The number of benzene rings is 2. The van der Waals surface area contributed by atoms with Crippen LogP contribution in [-0.2, 0) is 9.53 Å². The third-order valence-electron chi connectivity index (χ3n) is 9.17. The topological polar surface area (TPSA) is 74.8 Å². The third kappa shape index (κ3) is 4.97. The number of hydrogen-bond acceptors (Lipinski definition) is 8. The van der Waals surface area contributed by atoms with Crippen molar-refractivity contribution in [3.05, 3.63) is 41.2 Å². The molecule has 2 N–H and O–H groups in total. The lowest BCUT2D eigenvalue weighted by atomic mass is 9.95. The van der Waals surface area contributed by atoms with E-state index in [0.717, 1.165) is 59.2 Å². The molecule has 2 aromatic carbocycles. The summed E-state index contributed by atoms with van der Waals surface area (Å²) in [5.74, 6) is -0.205. The number of morpholine rings is 1. The van der Waals surface area contributed by atoms with Gasteiger partial charge >= 0.3 is 0 Å². The number of aliphatic hydroxyl groups is 1. The van der Waals surface area contributed by atoms with Crippen LogP contribution in [0.1, 0.15) is 25.3 Å². The van der Waals surface area contributed by atoms with Crippen LogP contribution < -0.4 is 29.8 Å². The summed E-state index contributed by atoms with van der Waals surface area (Å²) in [5.41, 5.74) is 7.35. The number of carbonyl (C=O) groups excluding carboxylic acids is 1. The highest BCUT2D eigenvalue weighted by Gasteiger charge is 2.32. The minimum atomic E-state index is -0.692. The summed E-state index contributed by atoms with van der Waals surface area (Å²) in [6.45, 7) is 7.68. The number of ether oxygens (including phenoxy) is 1. The number of carbonyl (C=O) groups is 1. The Labute approximate surface area is 241 Å². The van der Waals surface area contributed by atoms with E-state index in [0.29, 0.717) is 51.4 Å². The van der Waals surface area contributed by atoms with Crippen molar-refractivity contribution in [1.82, 2.24) is 5.32 Å². The zero-order valence-electron chi connectivity index (χ0n) is 24.5. The fraction of sp³-hybridized carbons (Fsp3) is 0.516. The predicted molar refractivity (Wildman–Crippen MR) is 163 cm³/mol. The molecule has 6 rings (SSSR count). The third-order valence-corrected chi connectivity index (χ3v) is 9.17. The van der Waals surface area contributed by atoms with Crippen LogP contribution in [0.3, 0.4) is 0 Å². The van der Waals surface area contributed by atoms with E-state index in [1.165, 1.54) is 0 Å². The first-order valence-electron chi connectivity index (χ1n) is 14.7. The zero-order chi connectivity index (χ0) is 28.8. The van der Waals surface area contributed by atoms with Crippen LogP contribution in [0.4, 0.5) is 38.5 Å². The summed E-state index contributed by atoms with van der Waals surface area (Å²) in [4.78, 5) is 22.9. The molecule has 0 bridgehead atoms. The molecule has 41 heavy (non-hydrogen) atoms. The summed E-state index contributed by atoms with van der Waals surface area (Å²) >= 11 is 0. The number of nitrogens with one attached hydrogen (secondary N) is 1. The maximum atomic E-state index is 15.9. The maximum Gasteiger partial charge on any atom is 0.222 e. The fourth-order valence-corrected chi connectivity index (χ4v) is 6.65. The molecule has 4 heterocycles.